The van der Waals surface area contributed by atoms with Gasteiger partial charge in [0, 0.05) is 13.2 Å². The van der Waals surface area contributed by atoms with Gasteiger partial charge in [-0.1, -0.05) is 35.4 Å². The summed E-state index contributed by atoms with van der Waals surface area (Å²) in [6, 6.07) is 13.1. The number of unbranched alkanes of at least 4 members (excludes halogenated alkanes) is 2. The monoisotopic (exact) mass is 481 g/mol. The lowest BCUT2D eigenvalue weighted by Gasteiger charge is -2.40. The number of aryl methyl sites for hydroxylation is 2. The molecule has 0 aliphatic carbocycles. The van der Waals surface area contributed by atoms with Crippen LogP contribution in [0.3, 0.4) is 0 Å². The number of hydrogen-bond donors (Lipinski definition) is 1. The average Bonchev–Trinajstić information content (AvgIpc) is 2.77. The van der Waals surface area contributed by atoms with Gasteiger partial charge in [-0.15, -0.1) is 0 Å². The molecule has 0 aromatic heterocycles. The number of benzene rings is 2. The van der Waals surface area contributed by atoms with Crippen molar-refractivity contribution in [3.63, 3.8) is 0 Å². The maximum atomic E-state index is 13.3. The molecule has 1 fully saturated rings. The Morgan fingerprint density at radius 2 is 1.12 bits per heavy atom. The fraction of sp³-hybridized carbons (Fsp3) is 0.455. The van der Waals surface area contributed by atoms with Crippen molar-refractivity contribution < 1.29 is 21.9 Å². The first-order valence-corrected chi connectivity index (χ1v) is 13.5. The van der Waals surface area contributed by atoms with E-state index in [4.69, 9.17) is 5.11 Å². The normalized spacial score (nSPS) is 17.0. The smallest absolute Gasteiger partial charge is 0.245 e. The van der Waals surface area contributed by atoms with Crippen molar-refractivity contribution in [3.05, 3.63) is 59.7 Å². The van der Waals surface area contributed by atoms with E-state index in [1.807, 2.05) is 18.7 Å². The molecule has 8 nitrogen and oxygen atoms in total. The standard InChI is InChI=1S/C22H31N3O5S2/c1-19-6-10-21(11-7-19)31(27,28)24-16-23(14-4-3-5-15-26)17-25(18-24)32(29,30)22-12-8-20(2)9-13-22/h6-13,26H,3-5,14-18H2,1-2H3. The Morgan fingerprint density at radius 3 is 1.53 bits per heavy atom. The first-order chi connectivity index (χ1) is 15.1. The van der Waals surface area contributed by atoms with E-state index in [9.17, 15) is 16.8 Å². The Bertz CT molecular complexity index is 1020. The van der Waals surface area contributed by atoms with Crippen molar-refractivity contribution in [1.82, 2.24) is 13.5 Å². The third kappa shape index (κ3) is 5.75. The Labute approximate surface area is 191 Å². The molecule has 0 atom stereocenters. The maximum Gasteiger partial charge on any atom is 0.245 e. The number of hydrogen-bond acceptors (Lipinski definition) is 6. The third-order valence-electron chi connectivity index (χ3n) is 5.48. The highest BCUT2D eigenvalue weighted by molar-refractivity contribution is 7.90. The molecular formula is C22H31N3O5S2. The Hall–Kier alpha value is -1.82. The van der Waals surface area contributed by atoms with E-state index in [1.54, 1.807) is 48.5 Å². The fourth-order valence-corrected chi connectivity index (χ4v) is 6.39. The highest BCUT2D eigenvalue weighted by Gasteiger charge is 2.38. The molecule has 32 heavy (non-hydrogen) atoms. The van der Waals surface area contributed by atoms with Crippen molar-refractivity contribution in [2.24, 2.45) is 0 Å². The Balaban J connectivity index is 1.89. The lowest BCUT2D eigenvalue weighted by Crippen LogP contribution is -2.57. The van der Waals surface area contributed by atoms with Crippen molar-refractivity contribution in [2.75, 3.05) is 33.2 Å². The summed E-state index contributed by atoms with van der Waals surface area (Å²) >= 11 is 0. The Kier molecular flexibility index (Phi) is 8.07. The van der Waals surface area contributed by atoms with Gasteiger partial charge in [-0.3, -0.25) is 4.90 Å². The largest absolute Gasteiger partial charge is 0.396 e. The predicted molar refractivity (Wildman–Crippen MR) is 123 cm³/mol. The van der Waals surface area contributed by atoms with Gasteiger partial charge in [-0.2, -0.15) is 8.61 Å². The van der Waals surface area contributed by atoms with E-state index >= 15 is 0 Å². The number of aliphatic hydroxyl groups excluding tert-OH is 1. The molecule has 0 radical (unpaired) electrons. The van der Waals surface area contributed by atoms with Crippen LogP contribution in [0.4, 0.5) is 0 Å². The van der Waals surface area contributed by atoms with Crippen LogP contribution in [0.25, 0.3) is 0 Å². The summed E-state index contributed by atoms with van der Waals surface area (Å²) in [6.45, 7) is 4.34. The molecule has 1 aliphatic rings. The summed E-state index contributed by atoms with van der Waals surface area (Å²) in [7, 11) is -7.77. The van der Waals surface area contributed by atoms with E-state index in [0.717, 1.165) is 24.0 Å². The van der Waals surface area contributed by atoms with Crippen LogP contribution in [0.2, 0.25) is 0 Å². The zero-order valence-corrected chi connectivity index (χ0v) is 20.1. The zero-order chi connectivity index (χ0) is 23.4. The number of nitrogens with zero attached hydrogens (tertiary/aromatic N) is 3. The second kappa shape index (κ2) is 10.4. The van der Waals surface area contributed by atoms with Gasteiger partial charge in [0.1, 0.15) is 0 Å². The van der Waals surface area contributed by atoms with Crippen LogP contribution in [0.15, 0.2) is 58.3 Å². The molecule has 1 heterocycles. The first-order valence-electron chi connectivity index (χ1n) is 10.6. The van der Waals surface area contributed by atoms with E-state index < -0.39 is 20.0 Å². The predicted octanol–water partition coefficient (Wildman–Crippen LogP) is 2.34. The molecule has 1 aliphatic heterocycles. The molecule has 0 saturated carbocycles. The third-order valence-corrected chi connectivity index (χ3v) is 9.04. The molecule has 10 heteroatoms. The van der Waals surface area contributed by atoms with Gasteiger partial charge in [0.15, 0.2) is 0 Å². The second-order valence-corrected chi connectivity index (χ2v) is 12.0. The minimum Gasteiger partial charge on any atom is -0.396 e. The SMILES string of the molecule is Cc1ccc(S(=O)(=O)N2CN(CCCCCO)CN(S(=O)(=O)c3ccc(C)cc3)C2)cc1. The molecule has 3 rings (SSSR count). The van der Waals surface area contributed by atoms with Crippen LogP contribution in [0.1, 0.15) is 30.4 Å². The zero-order valence-electron chi connectivity index (χ0n) is 18.5. The topological polar surface area (TPSA) is 98.2 Å². The van der Waals surface area contributed by atoms with Crippen molar-refractivity contribution in [3.8, 4) is 0 Å². The molecule has 0 spiro atoms. The van der Waals surface area contributed by atoms with E-state index in [1.165, 1.54) is 8.61 Å². The summed E-state index contributed by atoms with van der Waals surface area (Å²) in [5.41, 5.74) is 1.88. The van der Waals surface area contributed by atoms with Gasteiger partial charge >= 0.3 is 0 Å². The summed E-state index contributed by atoms with van der Waals surface area (Å²) in [5, 5.41) is 9.00. The molecule has 0 unspecified atom stereocenters. The van der Waals surface area contributed by atoms with E-state index in [0.29, 0.717) is 13.0 Å². The van der Waals surface area contributed by atoms with E-state index in [2.05, 4.69) is 0 Å². The second-order valence-electron chi connectivity index (χ2n) is 8.14. The van der Waals surface area contributed by atoms with Crippen LogP contribution < -0.4 is 0 Å². The van der Waals surface area contributed by atoms with Gasteiger partial charge in [-0.05, 0) is 57.4 Å². The number of aliphatic hydroxyl groups is 1. The minimum atomic E-state index is -3.88. The summed E-state index contributed by atoms with van der Waals surface area (Å²) in [4.78, 5) is 2.09. The molecule has 2 aromatic carbocycles. The molecule has 176 valence electrons. The molecular weight excluding hydrogens is 450 g/mol. The molecule has 2 aromatic rings. The molecule has 1 saturated heterocycles. The minimum absolute atomic E-state index is 0.0991. The van der Waals surface area contributed by atoms with Crippen molar-refractivity contribution in [2.45, 2.75) is 42.9 Å². The lowest BCUT2D eigenvalue weighted by molar-refractivity contribution is 0.0620. The fourth-order valence-electron chi connectivity index (χ4n) is 3.54. The lowest BCUT2D eigenvalue weighted by atomic mass is 10.2. The summed E-state index contributed by atoms with van der Waals surface area (Å²) < 4.78 is 55.7. The molecule has 0 amide bonds. The van der Waals surface area contributed by atoms with Crippen LogP contribution in [0, 0.1) is 13.8 Å². The molecule has 1 N–H and O–H groups in total. The maximum absolute atomic E-state index is 13.3. The van der Waals surface area contributed by atoms with Crippen molar-refractivity contribution >= 4 is 20.0 Å². The Morgan fingerprint density at radius 1 is 0.688 bits per heavy atom. The van der Waals surface area contributed by atoms with Crippen molar-refractivity contribution in [1.29, 1.82) is 0 Å². The van der Waals surface area contributed by atoms with Gasteiger partial charge in [0.05, 0.1) is 29.8 Å². The van der Waals surface area contributed by atoms with E-state index in [-0.39, 0.29) is 36.4 Å². The molecule has 0 bridgehead atoms. The average molecular weight is 482 g/mol. The summed E-state index contributed by atoms with van der Waals surface area (Å²) in [6.07, 6.45) is 2.17. The first kappa shape index (κ1) is 24.8. The summed E-state index contributed by atoms with van der Waals surface area (Å²) in [5.74, 6) is 0. The van der Waals surface area contributed by atoms with Gasteiger partial charge in [0.2, 0.25) is 20.0 Å². The van der Waals surface area contributed by atoms with Crippen LogP contribution >= 0.6 is 0 Å². The van der Waals surface area contributed by atoms with Gasteiger partial charge in [0.25, 0.3) is 0 Å². The number of rotatable bonds is 9. The van der Waals surface area contributed by atoms with Crippen LogP contribution in [-0.4, -0.2) is 68.6 Å². The quantitative estimate of drug-likeness (QED) is 0.552. The highest BCUT2D eigenvalue weighted by atomic mass is 32.2. The highest BCUT2D eigenvalue weighted by Crippen LogP contribution is 2.25. The van der Waals surface area contributed by atoms with Gasteiger partial charge in [-0.25, -0.2) is 16.8 Å². The van der Waals surface area contributed by atoms with Crippen LogP contribution in [-0.2, 0) is 20.0 Å². The van der Waals surface area contributed by atoms with Gasteiger partial charge < -0.3 is 5.11 Å². The van der Waals surface area contributed by atoms with Crippen LogP contribution in [0.5, 0.6) is 0 Å². The number of sulfonamides is 2.